The van der Waals surface area contributed by atoms with Crippen molar-refractivity contribution in [1.82, 2.24) is 0 Å². The predicted octanol–water partition coefficient (Wildman–Crippen LogP) is 12.9. The van der Waals surface area contributed by atoms with Crippen LogP contribution in [-0.2, 0) is 0 Å². The van der Waals surface area contributed by atoms with Crippen molar-refractivity contribution in [2.45, 2.75) is 12.8 Å². The molecule has 0 heteroatoms. The van der Waals surface area contributed by atoms with Gasteiger partial charge in [-0.15, -0.1) is 0 Å². The number of hydrogen-bond acceptors (Lipinski definition) is 0. The summed E-state index contributed by atoms with van der Waals surface area (Å²) in [7, 11) is 0. The van der Waals surface area contributed by atoms with E-state index in [1.807, 2.05) is 0 Å². The first-order chi connectivity index (χ1) is 22.9. The fourth-order valence-electron chi connectivity index (χ4n) is 7.04. The molecule has 218 valence electrons. The van der Waals surface area contributed by atoms with Crippen LogP contribution < -0.4 is 0 Å². The molecule has 0 N–H and O–H groups in total. The molecule has 0 fully saturated rings. The van der Waals surface area contributed by atoms with Crippen LogP contribution in [0.1, 0.15) is 29.5 Å². The maximum absolute atomic E-state index is 2.37. The van der Waals surface area contributed by atoms with Crippen molar-refractivity contribution in [3.63, 3.8) is 0 Å². The second kappa shape index (κ2) is 12.3. The van der Waals surface area contributed by atoms with Gasteiger partial charge in [0.15, 0.2) is 0 Å². The third-order valence-electron chi connectivity index (χ3n) is 9.09. The number of hydrogen-bond donors (Lipinski definition) is 0. The summed E-state index contributed by atoms with van der Waals surface area (Å²) in [6, 6.07) is 50.4. The molecule has 7 aromatic rings. The lowest BCUT2D eigenvalue weighted by atomic mass is 9.80. The van der Waals surface area contributed by atoms with Crippen LogP contribution in [0.2, 0.25) is 0 Å². The molecule has 0 aromatic heterocycles. The van der Waals surface area contributed by atoms with Gasteiger partial charge in [-0.3, -0.25) is 0 Å². The monoisotopic (exact) mass is 586 g/mol. The van der Waals surface area contributed by atoms with Gasteiger partial charge in [-0.05, 0) is 89.7 Å². The van der Waals surface area contributed by atoms with Gasteiger partial charge >= 0.3 is 0 Å². The number of allylic oxidation sites excluding steroid dienone is 5. The average molecular weight is 587 g/mol. The summed E-state index contributed by atoms with van der Waals surface area (Å²) in [5, 5.41) is 7.60. The van der Waals surface area contributed by atoms with Gasteiger partial charge < -0.3 is 0 Å². The molecule has 1 aliphatic carbocycles. The molecule has 0 amide bonds. The van der Waals surface area contributed by atoms with Gasteiger partial charge in [-0.2, -0.15) is 0 Å². The van der Waals surface area contributed by atoms with E-state index in [0.717, 1.165) is 12.8 Å². The molecule has 0 bridgehead atoms. The van der Waals surface area contributed by atoms with Crippen LogP contribution in [0, 0.1) is 0 Å². The molecule has 0 aliphatic heterocycles. The van der Waals surface area contributed by atoms with Crippen molar-refractivity contribution >= 4 is 50.5 Å². The molecule has 8 rings (SSSR count). The molecule has 0 atom stereocenters. The van der Waals surface area contributed by atoms with E-state index in [2.05, 4.69) is 182 Å². The maximum Gasteiger partial charge on any atom is -0.000763 e. The Balaban J connectivity index is 1.62. The molecule has 0 nitrogen and oxygen atoms in total. The van der Waals surface area contributed by atoms with Crippen LogP contribution in [0.15, 0.2) is 169 Å². The quantitative estimate of drug-likeness (QED) is 0.134. The van der Waals surface area contributed by atoms with Crippen molar-refractivity contribution in [3.05, 3.63) is 186 Å². The first kappa shape index (κ1) is 27.8. The highest BCUT2D eigenvalue weighted by atomic mass is 14.3. The van der Waals surface area contributed by atoms with E-state index in [1.165, 1.54) is 76.8 Å². The van der Waals surface area contributed by atoms with Crippen molar-refractivity contribution < 1.29 is 0 Å². The van der Waals surface area contributed by atoms with E-state index in [-0.39, 0.29) is 0 Å². The fourth-order valence-corrected chi connectivity index (χ4v) is 7.04. The molecule has 0 saturated heterocycles. The van der Waals surface area contributed by atoms with E-state index >= 15 is 0 Å². The zero-order valence-electron chi connectivity index (χ0n) is 25.7. The van der Waals surface area contributed by atoms with Crippen LogP contribution in [-0.4, -0.2) is 0 Å². The summed E-state index contributed by atoms with van der Waals surface area (Å²) in [4.78, 5) is 0. The van der Waals surface area contributed by atoms with Gasteiger partial charge in [0.2, 0.25) is 0 Å². The molecule has 1 aliphatic rings. The smallest absolute Gasteiger partial charge is 0.000763 e. The summed E-state index contributed by atoms with van der Waals surface area (Å²) in [5.41, 5.74) is 9.94. The Morgan fingerprint density at radius 1 is 0.391 bits per heavy atom. The number of fused-ring (bicyclic) bond motifs is 3. The van der Waals surface area contributed by atoms with E-state index in [4.69, 9.17) is 0 Å². The van der Waals surface area contributed by atoms with Crippen molar-refractivity contribution in [3.8, 4) is 22.3 Å². The Labute approximate surface area is 271 Å². The second-order valence-corrected chi connectivity index (χ2v) is 11.9. The predicted molar refractivity (Wildman–Crippen MR) is 201 cm³/mol. The Bertz CT molecular complexity index is 2320. The Kier molecular flexibility index (Phi) is 7.46. The molecule has 7 aromatic carbocycles. The highest BCUT2D eigenvalue weighted by molar-refractivity contribution is 6.29. The first-order valence-corrected chi connectivity index (χ1v) is 16.2. The molecule has 0 saturated carbocycles. The average Bonchev–Trinajstić information content (AvgIpc) is 3.13. The Morgan fingerprint density at radius 3 is 1.35 bits per heavy atom. The van der Waals surface area contributed by atoms with Gasteiger partial charge in [0, 0.05) is 0 Å². The Hall–Kier alpha value is -5.72. The van der Waals surface area contributed by atoms with Gasteiger partial charge in [0.1, 0.15) is 0 Å². The molecule has 0 unspecified atom stereocenters. The summed E-state index contributed by atoms with van der Waals surface area (Å²) in [5.74, 6) is 0. The van der Waals surface area contributed by atoms with Crippen LogP contribution in [0.5, 0.6) is 0 Å². The minimum atomic E-state index is 1.08. The third kappa shape index (κ3) is 5.09. The van der Waals surface area contributed by atoms with Crippen LogP contribution in [0.4, 0.5) is 0 Å². The maximum atomic E-state index is 2.37. The molecular weight excluding hydrogens is 553 g/mol. The summed E-state index contributed by atoms with van der Waals surface area (Å²) < 4.78 is 0. The van der Waals surface area contributed by atoms with Gasteiger partial charge in [-0.25, -0.2) is 0 Å². The topological polar surface area (TPSA) is 0 Å². The molecule has 0 heterocycles. The minimum absolute atomic E-state index is 1.08. The lowest BCUT2D eigenvalue weighted by Crippen LogP contribution is -1.97. The summed E-state index contributed by atoms with van der Waals surface area (Å²) >= 11 is 0. The number of rotatable bonds is 6. The SMILES string of the molecule is C1=CC(/C=C/c2c3ccccc3c(/C=C/c3ccccc3)c3c(-c4ccccc4)c4ccccc4c(-c4ccccc4)c23)=CCC1. The zero-order valence-corrected chi connectivity index (χ0v) is 25.7. The standard InChI is InChI=1S/C46H34/c1-5-17-33(18-6-1)29-31-41-37-25-13-14-26-38(37)42(32-30-34-19-7-2-8-20-34)46-44(36-23-11-4-12-24-36)40-28-16-15-27-39(40)43(45(41)46)35-21-9-3-10-22-35/h1,3-7,9-32H,2,8H2/b31-29+,32-30+. The highest BCUT2D eigenvalue weighted by Gasteiger charge is 2.23. The summed E-state index contributed by atoms with van der Waals surface area (Å²) in [6.45, 7) is 0. The minimum Gasteiger partial charge on any atom is -0.0836 e. The molecular formula is C46H34. The van der Waals surface area contributed by atoms with Crippen LogP contribution in [0.25, 0.3) is 72.8 Å². The second-order valence-electron chi connectivity index (χ2n) is 11.9. The third-order valence-corrected chi connectivity index (χ3v) is 9.09. The zero-order chi connectivity index (χ0) is 30.7. The van der Waals surface area contributed by atoms with Crippen molar-refractivity contribution in [2.24, 2.45) is 0 Å². The van der Waals surface area contributed by atoms with E-state index < -0.39 is 0 Å². The lowest BCUT2D eigenvalue weighted by Gasteiger charge is -2.23. The van der Waals surface area contributed by atoms with E-state index in [1.54, 1.807) is 0 Å². The van der Waals surface area contributed by atoms with Gasteiger partial charge in [-0.1, -0.05) is 182 Å². The fraction of sp³-hybridized carbons (Fsp3) is 0.0435. The highest BCUT2D eigenvalue weighted by Crippen LogP contribution is 2.49. The van der Waals surface area contributed by atoms with Crippen molar-refractivity contribution in [2.75, 3.05) is 0 Å². The van der Waals surface area contributed by atoms with Gasteiger partial charge in [0.05, 0.1) is 0 Å². The van der Waals surface area contributed by atoms with Crippen LogP contribution >= 0.6 is 0 Å². The van der Waals surface area contributed by atoms with Crippen LogP contribution in [0.3, 0.4) is 0 Å². The largest absolute Gasteiger partial charge is 0.0836 e. The van der Waals surface area contributed by atoms with Gasteiger partial charge in [0.25, 0.3) is 0 Å². The number of benzene rings is 7. The van der Waals surface area contributed by atoms with E-state index in [9.17, 15) is 0 Å². The first-order valence-electron chi connectivity index (χ1n) is 16.2. The molecule has 46 heavy (non-hydrogen) atoms. The van der Waals surface area contributed by atoms with E-state index in [0.29, 0.717) is 0 Å². The Morgan fingerprint density at radius 2 is 0.848 bits per heavy atom. The summed E-state index contributed by atoms with van der Waals surface area (Å²) in [6.07, 6.45) is 18.4. The molecule has 0 radical (unpaired) electrons. The normalized spacial score (nSPS) is 13.3. The lowest BCUT2D eigenvalue weighted by molar-refractivity contribution is 1.03. The van der Waals surface area contributed by atoms with Crippen molar-refractivity contribution in [1.29, 1.82) is 0 Å². The molecule has 0 spiro atoms.